The Morgan fingerprint density at radius 3 is 2.65 bits per heavy atom. The summed E-state index contributed by atoms with van der Waals surface area (Å²) < 4.78 is 5.85. The average Bonchev–Trinajstić information content (AvgIpc) is 2.83. The minimum atomic E-state index is 0.321. The molecule has 1 aromatic carbocycles. The Bertz CT molecular complexity index is 456. The monoisotopic (exact) mass is 273 g/mol. The zero-order chi connectivity index (χ0) is 14.2. The minimum Gasteiger partial charge on any atom is -0.381 e. The Morgan fingerprint density at radius 1 is 1.25 bits per heavy atom. The van der Waals surface area contributed by atoms with Gasteiger partial charge >= 0.3 is 0 Å². The van der Waals surface area contributed by atoms with Gasteiger partial charge in [0.25, 0.3) is 0 Å². The standard InChI is InChI=1S/C18H27NO/c1-17(2)15-9-10-18(17,16(11-15)20-3)13-19-12-14-7-5-4-6-8-14/h4-8,15-16,19H,9-13H2,1-3H3/t15-,16-,18-/m1/s1. The van der Waals surface area contributed by atoms with E-state index in [4.69, 9.17) is 4.74 Å². The van der Waals surface area contributed by atoms with Gasteiger partial charge in [-0.15, -0.1) is 0 Å². The quantitative estimate of drug-likeness (QED) is 0.884. The van der Waals surface area contributed by atoms with E-state index < -0.39 is 0 Å². The van der Waals surface area contributed by atoms with Crippen molar-refractivity contribution in [2.75, 3.05) is 13.7 Å². The zero-order valence-corrected chi connectivity index (χ0v) is 13.0. The smallest absolute Gasteiger partial charge is 0.0647 e. The van der Waals surface area contributed by atoms with Gasteiger partial charge in [-0.2, -0.15) is 0 Å². The highest BCUT2D eigenvalue weighted by molar-refractivity contribution is 5.16. The Morgan fingerprint density at radius 2 is 2.00 bits per heavy atom. The second kappa shape index (κ2) is 5.16. The molecular formula is C18H27NO. The normalized spacial score (nSPS) is 34.5. The van der Waals surface area contributed by atoms with Crippen molar-refractivity contribution in [2.24, 2.45) is 16.7 Å². The van der Waals surface area contributed by atoms with Crippen molar-refractivity contribution in [1.29, 1.82) is 0 Å². The van der Waals surface area contributed by atoms with Crippen molar-refractivity contribution in [3.05, 3.63) is 35.9 Å². The first-order chi connectivity index (χ1) is 9.60. The molecule has 0 heterocycles. The van der Waals surface area contributed by atoms with Crippen LogP contribution < -0.4 is 5.32 Å². The Kier molecular flexibility index (Phi) is 3.64. The van der Waals surface area contributed by atoms with E-state index >= 15 is 0 Å². The molecule has 0 saturated heterocycles. The Balaban J connectivity index is 1.68. The molecule has 2 aliphatic rings. The van der Waals surface area contributed by atoms with Crippen LogP contribution in [0.2, 0.25) is 0 Å². The van der Waals surface area contributed by atoms with Crippen LogP contribution in [0, 0.1) is 16.7 Å². The number of fused-ring (bicyclic) bond motifs is 2. The van der Waals surface area contributed by atoms with Gasteiger partial charge in [0.1, 0.15) is 0 Å². The number of ether oxygens (including phenoxy) is 1. The molecule has 2 bridgehead atoms. The van der Waals surface area contributed by atoms with Crippen LogP contribution in [-0.2, 0) is 11.3 Å². The summed E-state index contributed by atoms with van der Waals surface area (Å²) in [6, 6.07) is 10.7. The van der Waals surface area contributed by atoms with Gasteiger partial charge in [0.05, 0.1) is 6.10 Å². The van der Waals surface area contributed by atoms with Crippen LogP contribution in [0.15, 0.2) is 30.3 Å². The zero-order valence-electron chi connectivity index (χ0n) is 13.0. The van der Waals surface area contributed by atoms with Crippen LogP contribution >= 0.6 is 0 Å². The molecule has 2 heteroatoms. The summed E-state index contributed by atoms with van der Waals surface area (Å²) in [5.74, 6) is 0.839. The second-order valence-electron chi connectivity index (χ2n) is 7.16. The SMILES string of the molecule is CO[C@@H]1C[C@H]2CC[C@]1(CNCc1ccccc1)C2(C)C. The van der Waals surface area contributed by atoms with Crippen LogP contribution in [-0.4, -0.2) is 19.8 Å². The van der Waals surface area contributed by atoms with Gasteiger partial charge in [-0.1, -0.05) is 44.2 Å². The molecule has 2 nitrogen and oxygen atoms in total. The highest BCUT2D eigenvalue weighted by atomic mass is 16.5. The number of methoxy groups -OCH3 is 1. The maximum atomic E-state index is 5.85. The lowest BCUT2D eigenvalue weighted by molar-refractivity contribution is -0.0319. The van der Waals surface area contributed by atoms with Gasteiger partial charge in [0.2, 0.25) is 0 Å². The van der Waals surface area contributed by atoms with Gasteiger partial charge in [-0.3, -0.25) is 0 Å². The summed E-state index contributed by atoms with van der Waals surface area (Å²) in [4.78, 5) is 0. The van der Waals surface area contributed by atoms with Gasteiger partial charge in [0.15, 0.2) is 0 Å². The fourth-order valence-corrected chi connectivity index (χ4v) is 4.77. The predicted molar refractivity (Wildman–Crippen MR) is 82.5 cm³/mol. The first-order valence-corrected chi connectivity index (χ1v) is 7.87. The van der Waals surface area contributed by atoms with E-state index in [0.717, 1.165) is 19.0 Å². The first-order valence-electron chi connectivity index (χ1n) is 7.87. The van der Waals surface area contributed by atoms with Crippen molar-refractivity contribution in [3.8, 4) is 0 Å². The largest absolute Gasteiger partial charge is 0.381 e. The number of hydrogen-bond acceptors (Lipinski definition) is 2. The van der Waals surface area contributed by atoms with Crippen molar-refractivity contribution in [2.45, 2.75) is 45.8 Å². The molecule has 1 N–H and O–H groups in total. The number of nitrogens with one attached hydrogen (secondary N) is 1. The van der Waals surface area contributed by atoms with Crippen LogP contribution in [0.25, 0.3) is 0 Å². The molecule has 0 aliphatic heterocycles. The summed E-state index contributed by atoms with van der Waals surface area (Å²) in [7, 11) is 1.89. The molecular weight excluding hydrogens is 246 g/mol. The molecule has 0 amide bonds. The molecule has 110 valence electrons. The Labute approximate surface area is 122 Å². The van der Waals surface area contributed by atoms with Crippen LogP contribution in [0.3, 0.4) is 0 Å². The molecule has 2 aliphatic carbocycles. The van der Waals surface area contributed by atoms with E-state index in [1.807, 2.05) is 7.11 Å². The van der Waals surface area contributed by atoms with E-state index in [9.17, 15) is 0 Å². The highest BCUT2D eigenvalue weighted by Gasteiger charge is 2.63. The van der Waals surface area contributed by atoms with Crippen LogP contribution in [0.1, 0.15) is 38.7 Å². The second-order valence-corrected chi connectivity index (χ2v) is 7.16. The number of hydrogen-bond donors (Lipinski definition) is 1. The molecule has 2 fully saturated rings. The summed E-state index contributed by atoms with van der Waals surface area (Å²) in [6.07, 6.45) is 4.36. The third-order valence-electron chi connectivity index (χ3n) is 6.25. The molecule has 0 spiro atoms. The van der Waals surface area contributed by atoms with E-state index in [2.05, 4.69) is 49.5 Å². The van der Waals surface area contributed by atoms with Crippen LogP contribution in [0.5, 0.6) is 0 Å². The van der Waals surface area contributed by atoms with Crippen molar-refractivity contribution >= 4 is 0 Å². The fourth-order valence-electron chi connectivity index (χ4n) is 4.77. The van der Waals surface area contributed by atoms with Crippen molar-refractivity contribution in [1.82, 2.24) is 5.32 Å². The van der Waals surface area contributed by atoms with Crippen LogP contribution in [0.4, 0.5) is 0 Å². The van der Waals surface area contributed by atoms with E-state index in [-0.39, 0.29) is 0 Å². The van der Waals surface area contributed by atoms with Crippen molar-refractivity contribution in [3.63, 3.8) is 0 Å². The number of rotatable bonds is 5. The summed E-state index contributed by atoms with van der Waals surface area (Å²) in [5, 5.41) is 3.70. The maximum absolute atomic E-state index is 5.85. The minimum absolute atomic E-state index is 0.321. The lowest BCUT2D eigenvalue weighted by Crippen LogP contribution is -2.47. The molecule has 0 unspecified atom stereocenters. The fraction of sp³-hybridized carbons (Fsp3) is 0.667. The summed E-state index contributed by atoms with van der Waals surface area (Å²) >= 11 is 0. The third-order valence-corrected chi connectivity index (χ3v) is 6.25. The molecule has 0 radical (unpaired) electrons. The lowest BCUT2D eigenvalue weighted by atomic mass is 9.68. The van der Waals surface area contributed by atoms with E-state index in [1.54, 1.807) is 0 Å². The summed E-state index contributed by atoms with van der Waals surface area (Å²) in [5.41, 5.74) is 2.08. The molecule has 3 rings (SSSR count). The molecule has 3 atom stereocenters. The summed E-state index contributed by atoms with van der Waals surface area (Å²) in [6.45, 7) is 6.94. The van der Waals surface area contributed by atoms with E-state index in [0.29, 0.717) is 16.9 Å². The average molecular weight is 273 g/mol. The van der Waals surface area contributed by atoms with E-state index in [1.165, 1.54) is 24.8 Å². The maximum Gasteiger partial charge on any atom is 0.0647 e. The molecule has 20 heavy (non-hydrogen) atoms. The van der Waals surface area contributed by atoms with Gasteiger partial charge < -0.3 is 10.1 Å². The van der Waals surface area contributed by atoms with Gasteiger partial charge in [-0.25, -0.2) is 0 Å². The lowest BCUT2D eigenvalue weighted by Gasteiger charge is -2.42. The predicted octanol–water partition coefficient (Wildman–Crippen LogP) is 3.62. The van der Waals surface area contributed by atoms with Gasteiger partial charge in [0, 0.05) is 25.6 Å². The molecule has 2 saturated carbocycles. The number of benzene rings is 1. The van der Waals surface area contributed by atoms with Gasteiger partial charge in [-0.05, 0) is 36.2 Å². The third kappa shape index (κ3) is 2.01. The Hall–Kier alpha value is -0.860. The first kappa shape index (κ1) is 14.1. The topological polar surface area (TPSA) is 21.3 Å². The van der Waals surface area contributed by atoms with Crippen molar-refractivity contribution < 1.29 is 4.74 Å². The molecule has 0 aromatic heterocycles. The molecule has 1 aromatic rings. The highest BCUT2D eigenvalue weighted by Crippen LogP contribution is 2.66.